The molecule has 0 aliphatic rings. The van der Waals surface area contributed by atoms with Crippen LogP contribution in [0.3, 0.4) is 0 Å². The van der Waals surface area contributed by atoms with Crippen LogP contribution in [0.4, 0.5) is 0 Å². The highest BCUT2D eigenvalue weighted by Crippen LogP contribution is 2.22. The minimum Gasteiger partial charge on any atom is -0.288 e. The lowest BCUT2D eigenvalue weighted by atomic mass is 10.1. The Balaban J connectivity index is 2.06. The summed E-state index contributed by atoms with van der Waals surface area (Å²) in [6, 6.07) is 20.2. The zero-order valence-electron chi connectivity index (χ0n) is 12.3. The summed E-state index contributed by atoms with van der Waals surface area (Å²) in [5, 5.41) is 4.73. The van der Waals surface area contributed by atoms with Crippen molar-refractivity contribution in [1.29, 1.82) is 0 Å². The molecule has 3 aromatic rings. The van der Waals surface area contributed by atoms with E-state index in [0.29, 0.717) is 6.54 Å². The van der Waals surface area contributed by atoms with Crippen LogP contribution in [0, 0.1) is 0 Å². The molecule has 1 aromatic heterocycles. The third-order valence-corrected chi connectivity index (χ3v) is 3.28. The first-order chi connectivity index (χ1) is 10.9. The first-order valence-electron chi connectivity index (χ1n) is 7.20. The smallest absolute Gasteiger partial charge is 0.101 e. The van der Waals surface area contributed by atoms with E-state index < -0.39 is 0 Å². The number of hydrogen-bond acceptors (Lipinski definition) is 2. The van der Waals surface area contributed by atoms with Crippen LogP contribution in [0.25, 0.3) is 16.9 Å². The summed E-state index contributed by atoms with van der Waals surface area (Å²) in [4.78, 5) is 4.36. The molecule has 0 aliphatic heterocycles. The van der Waals surface area contributed by atoms with Crippen LogP contribution in [0.5, 0.6) is 0 Å². The fourth-order valence-electron chi connectivity index (χ4n) is 2.24. The molecule has 0 aliphatic carbocycles. The quantitative estimate of drug-likeness (QED) is 0.512. The summed E-state index contributed by atoms with van der Waals surface area (Å²) >= 11 is 0. The van der Waals surface area contributed by atoms with Crippen LogP contribution in [0.1, 0.15) is 5.56 Å². The Kier molecular flexibility index (Phi) is 4.25. The van der Waals surface area contributed by atoms with Gasteiger partial charge in [0.25, 0.3) is 0 Å². The van der Waals surface area contributed by atoms with Crippen molar-refractivity contribution in [3.63, 3.8) is 0 Å². The Bertz CT molecular complexity index is 771. The van der Waals surface area contributed by atoms with Gasteiger partial charge in [-0.2, -0.15) is 5.10 Å². The van der Waals surface area contributed by atoms with Crippen LogP contribution < -0.4 is 0 Å². The van der Waals surface area contributed by atoms with Gasteiger partial charge in [0.15, 0.2) is 0 Å². The molecule has 3 nitrogen and oxygen atoms in total. The van der Waals surface area contributed by atoms with E-state index >= 15 is 0 Å². The molecular formula is C19H17N3. The zero-order valence-corrected chi connectivity index (χ0v) is 12.3. The predicted octanol–water partition coefficient (Wildman–Crippen LogP) is 4.14. The fourth-order valence-corrected chi connectivity index (χ4v) is 2.24. The number of aliphatic imine (C=N–C) groups is 1. The van der Waals surface area contributed by atoms with E-state index in [0.717, 1.165) is 22.5 Å². The zero-order chi connectivity index (χ0) is 15.2. The summed E-state index contributed by atoms with van der Waals surface area (Å²) in [5.41, 5.74) is 4.04. The minimum atomic E-state index is 0.602. The Morgan fingerprint density at radius 1 is 1.00 bits per heavy atom. The lowest BCUT2D eigenvalue weighted by molar-refractivity contribution is 0.884. The van der Waals surface area contributed by atoms with Crippen LogP contribution >= 0.6 is 0 Å². The van der Waals surface area contributed by atoms with Gasteiger partial charge >= 0.3 is 0 Å². The fraction of sp³-hybridized carbons (Fsp3) is 0.0526. The third kappa shape index (κ3) is 3.04. The Labute approximate surface area is 130 Å². The van der Waals surface area contributed by atoms with E-state index in [2.05, 4.69) is 23.7 Å². The van der Waals surface area contributed by atoms with E-state index in [1.165, 1.54) is 0 Å². The van der Waals surface area contributed by atoms with Gasteiger partial charge in [0.05, 0.1) is 12.2 Å². The second kappa shape index (κ2) is 6.68. The molecule has 108 valence electrons. The minimum absolute atomic E-state index is 0.602. The SMILES string of the molecule is C=CCN=Cc1cn(-c2ccccc2)nc1-c1ccccc1. The summed E-state index contributed by atoms with van der Waals surface area (Å²) in [6.45, 7) is 4.29. The highest BCUT2D eigenvalue weighted by Gasteiger charge is 2.10. The standard InChI is InChI=1S/C19H17N3/c1-2-13-20-14-17-15-22(18-11-7-4-8-12-18)21-19(17)16-9-5-3-6-10-16/h2-12,14-15H,1,13H2. The van der Waals surface area contributed by atoms with Gasteiger partial charge in [-0.3, -0.25) is 4.99 Å². The summed E-state index contributed by atoms with van der Waals surface area (Å²) in [6.07, 6.45) is 5.64. The van der Waals surface area contributed by atoms with Gasteiger partial charge in [0.2, 0.25) is 0 Å². The van der Waals surface area contributed by atoms with E-state index in [1.807, 2.05) is 65.6 Å². The largest absolute Gasteiger partial charge is 0.288 e. The summed E-state index contributed by atoms with van der Waals surface area (Å²) in [7, 11) is 0. The maximum atomic E-state index is 4.73. The average molecular weight is 287 g/mol. The molecule has 0 saturated carbocycles. The molecule has 0 N–H and O–H groups in total. The van der Waals surface area contributed by atoms with Gasteiger partial charge in [-0.05, 0) is 12.1 Å². The van der Waals surface area contributed by atoms with Crippen molar-refractivity contribution in [3.8, 4) is 16.9 Å². The summed E-state index contributed by atoms with van der Waals surface area (Å²) in [5.74, 6) is 0. The van der Waals surface area contributed by atoms with Crippen LogP contribution in [0.15, 0.2) is 84.5 Å². The molecule has 0 unspecified atom stereocenters. The second-order valence-electron chi connectivity index (χ2n) is 4.86. The number of benzene rings is 2. The van der Waals surface area contributed by atoms with Crippen molar-refractivity contribution in [3.05, 3.63) is 85.1 Å². The first kappa shape index (κ1) is 14.0. The number of aromatic nitrogens is 2. The lowest BCUT2D eigenvalue weighted by Crippen LogP contribution is -1.93. The number of nitrogens with zero attached hydrogens (tertiary/aromatic N) is 3. The lowest BCUT2D eigenvalue weighted by Gasteiger charge is -2.00. The van der Waals surface area contributed by atoms with Crippen LogP contribution in [-0.2, 0) is 0 Å². The number of hydrogen-bond donors (Lipinski definition) is 0. The summed E-state index contributed by atoms with van der Waals surface area (Å²) < 4.78 is 1.89. The maximum Gasteiger partial charge on any atom is 0.101 e. The van der Waals surface area contributed by atoms with Gasteiger partial charge in [0.1, 0.15) is 5.69 Å². The molecule has 0 bridgehead atoms. The van der Waals surface area contributed by atoms with Crippen molar-refractivity contribution in [2.45, 2.75) is 0 Å². The van der Waals surface area contributed by atoms with Crippen molar-refractivity contribution in [2.24, 2.45) is 4.99 Å². The maximum absolute atomic E-state index is 4.73. The third-order valence-electron chi connectivity index (χ3n) is 3.28. The Morgan fingerprint density at radius 2 is 1.68 bits per heavy atom. The molecular weight excluding hydrogens is 270 g/mol. The molecule has 0 spiro atoms. The van der Waals surface area contributed by atoms with Gasteiger partial charge in [-0.25, -0.2) is 4.68 Å². The van der Waals surface area contributed by atoms with Crippen LogP contribution in [-0.4, -0.2) is 22.5 Å². The number of para-hydroxylation sites is 1. The molecule has 3 rings (SSSR count). The van der Waals surface area contributed by atoms with Gasteiger partial charge in [-0.1, -0.05) is 54.6 Å². The van der Waals surface area contributed by atoms with Gasteiger partial charge in [0, 0.05) is 23.5 Å². The molecule has 0 fully saturated rings. The normalized spacial score (nSPS) is 10.9. The highest BCUT2D eigenvalue weighted by atomic mass is 15.3. The van der Waals surface area contributed by atoms with Crippen molar-refractivity contribution >= 4 is 6.21 Å². The first-order valence-corrected chi connectivity index (χ1v) is 7.20. The van der Waals surface area contributed by atoms with Crippen molar-refractivity contribution < 1.29 is 0 Å². The average Bonchev–Trinajstić information content (AvgIpc) is 3.01. The van der Waals surface area contributed by atoms with Gasteiger partial charge in [-0.15, -0.1) is 6.58 Å². The second-order valence-corrected chi connectivity index (χ2v) is 4.86. The van der Waals surface area contributed by atoms with E-state index in [1.54, 1.807) is 6.08 Å². The van der Waals surface area contributed by atoms with E-state index in [9.17, 15) is 0 Å². The molecule has 3 heteroatoms. The predicted molar refractivity (Wildman–Crippen MR) is 91.7 cm³/mol. The molecule has 2 aromatic carbocycles. The molecule has 0 atom stereocenters. The number of rotatable bonds is 5. The monoisotopic (exact) mass is 287 g/mol. The molecule has 22 heavy (non-hydrogen) atoms. The topological polar surface area (TPSA) is 30.2 Å². The van der Waals surface area contributed by atoms with Crippen LogP contribution in [0.2, 0.25) is 0 Å². The highest BCUT2D eigenvalue weighted by molar-refractivity contribution is 5.88. The van der Waals surface area contributed by atoms with Crippen molar-refractivity contribution in [2.75, 3.05) is 6.54 Å². The van der Waals surface area contributed by atoms with Crippen molar-refractivity contribution in [1.82, 2.24) is 9.78 Å². The molecule has 1 heterocycles. The van der Waals surface area contributed by atoms with E-state index in [4.69, 9.17) is 5.10 Å². The van der Waals surface area contributed by atoms with Gasteiger partial charge < -0.3 is 0 Å². The molecule has 0 saturated heterocycles. The van der Waals surface area contributed by atoms with E-state index in [-0.39, 0.29) is 0 Å². The Morgan fingerprint density at radius 3 is 2.36 bits per heavy atom. The molecule has 0 amide bonds. The molecule has 0 radical (unpaired) electrons. The Hall–Kier alpha value is -2.94.